The van der Waals surface area contributed by atoms with Gasteiger partial charge in [0, 0.05) is 34.2 Å². The van der Waals surface area contributed by atoms with Gasteiger partial charge in [-0.2, -0.15) is 0 Å². The van der Waals surface area contributed by atoms with Crippen LogP contribution in [0.5, 0.6) is 0 Å². The molecule has 1 atom stereocenters. The van der Waals surface area contributed by atoms with Crippen LogP contribution in [-0.4, -0.2) is 11.1 Å². The van der Waals surface area contributed by atoms with E-state index in [1.807, 2.05) is 20.0 Å². The summed E-state index contributed by atoms with van der Waals surface area (Å²) in [5.74, 6) is 0.719. The molecule has 34 heavy (non-hydrogen) atoms. The van der Waals surface area contributed by atoms with E-state index in [0.717, 1.165) is 18.9 Å². The zero-order valence-electron chi connectivity index (χ0n) is 22.0. The average Bonchev–Trinajstić information content (AvgIpc) is 3.44. The quantitative estimate of drug-likeness (QED) is 0.334. The number of nitrogens with one attached hydrogen (secondary N) is 1. The Hall–Kier alpha value is -2.22. The molecule has 1 N–H and O–H groups in total. The minimum Gasteiger partial charge on any atom is -0.391 e. The molecule has 2 aliphatic rings. The first kappa shape index (κ1) is 24.9. The average molecular weight is 459 g/mol. The normalized spacial score (nSPS) is 18.8. The summed E-state index contributed by atoms with van der Waals surface area (Å²) in [5.41, 5.74) is 3.67. The minimum absolute atomic E-state index is 0.471. The summed E-state index contributed by atoms with van der Waals surface area (Å²) < 4.78 is 2.55. The highest BCUT2D eigenvalue weighted by atomic mass is 15.0. The Kier molecular flexibility index (Phi) is 8.06. The molecule has 0 radical (unpaired) electrons. The number of benzene rings is 2. The molecule has 0 amide bonds. The second-order valence-electron chi connectivity index (χ2n) is 10.6. The molecule has 2 saturated carbocycles. The van der Waals surface area contributed by atoms with Crippen LogP contribution in [0.25, 0.3) is 28.3 Å². The second kappa shape index (κ2) is 11.0. The van der Waals surface area contributed by atoms with E-state index in [2.05, 4.69) is 60.3 Å². The highest BCUT2D eigenvalue weighted by molar-refractivity contribution is 6.11. The molecular weight excluding hydrogens is 412 g/mol. The van der Waals surface area contributed by atoms with Gasteiger partial charge in [-0.15, -0.1) is 0 Å². The van der Waals surface area contributed by atoms with Gasteiger partial charge in [-0.05, 0) is 85.9 Å². The molecule has 3 aromatic rings. The summed E-state index contributed by atoms with van der Waals surface area (Å²) in [4.78, 5) is 0. The first-order valence-corrected chi connectivity index (χ1v) is 14.1. The van der Waals surface area contributed by atoms with Crippen molar-refractivity contribution >= 4 is 28.3 Å². The van der Waals surface area contributed by atoms with E-state index in [9.17, 15) is 0 Å². The van der Waals surface area contributed by atoms with Crippen molar-refractivity contribution in [1.29, 1.82) is 0 Å². The first-order valence-electron chi connectivity index (χ1n) is 14.1. The lowest BCUT2D eigenvalue weighted by atomic mass is 9.67. The Morgan fingerprint density at radius 2 is 1.74 bits per heavy atom. The number of hydrogen-bond donors (Lipinski definition) is 1. The summed E-state index contributed by atoms with van der Waals surface area (Å²) in [6, 6.07) is 12.3. The number of rotatable bonds is 8. The highest BCUT2D eigenvalue weighted by Gasteiger charge is 2.38. The maximum absolute atomic E-state index is 4.58. The molecule has 2 aliphatic carbocycles. The van der Waals surface area contributed by atoms with E-state index in [1.54, 1.807) is 5.56 Å². The van der Waals surface area contributed by atoms with E-state index in [0.29, 0.717) is 11.5 Å². The monoisotopic (exact) mass is 458 g/mol. The highest BCUT2D eigenvalue weighted by Crippen LogP contribution is 2.53. The summed E-state index contributed by atoms with van der Waals surface area (Å²) in [6.45, 7) is 15.6. The van der Waals surface area contributed by atoms with Crippen molar-refractivity contribution in [1.82, 2.24) is 9.88 Å². The molecule has 2 fully saturated rings. The molecule has 2 nitrogen and oxygen atoms in total. The first-order chi connectivity index (χ1) is 16.7. The van der Waals surface area contributed by atoms with Gasteiger partial charge in [0.25, 0.3) is 0 Å². The smallest absolute Gasteiger partial charge is 0.0500 e. The van der Waals surface area contributed by atoms with Crippen LogP contribution < -0.4 is 10.7 Å². The Balaban J connectivity index is 0.00000133. The van der Waals surface area contributed by atoms with Crippen LogP contribution in [-0.2, 0) is 0 Å². The Labute approximate surface area is 207 Å². The van der Waals surface area contributed by atoms with Gasteiger partial charge in [-0.1, -0.05) is 77.5 Å². The van der Waals surface area contributed by atoms with Gasteiger partial charge >= 0.3 is 0 Å². The largest absolute Gasteiger partial charge is 0.391 e. The molecule has 2 aromatic carbocycles. The molecular formula is C32H46N2. The zero-order valence-corrected chi connectivity index (χ0v) is 22.0. The molecule has 5 rings (SSSR count). The topological polar surface area (TPSA) is 17.0 Å². The van der Waals surface area contributed by atoms with Crippen LogP contribution in [0.4, 0.5) is 0 Å². The SMILES string of the molecule is C=CNCCC(CCC)n1c(=C)c2cccc3c(C4CCC5(CCCC5)CC4)ccc1c32.CC. The lowest BCUT2D eigenvalue weighted by molar-refractivity contribution is 0.182. The van der Waals surface area contributed by atoms with Crippen molar-refractivity contribution in [3.8, 4) is 0 Å². The van der Waals surface area contributed by atoms with Gasteiger partial charge < -0.3 is 9.88 Å². The third kappa shape index (κ3) is 4.53. The third-order valence-electron chi connectivity index (χ3n) is 8.82. The predicted molar refractivity (Wildman–Crippen MR) is 150 cm³/mol. The predicted octanol–water partition coefficient (Wildman–Crippen LogP) is 8.63. The van der Waals surface area contributed by atoms with Crippen LogP contribution in [0.1, 0.15) is 109 Å². The number of aromatic nitrogens is 1. The summed E-state index contributed by atoms with van der Waals surface area (Å²) in [7, 11) is 0. The van der Waals surface area contributed by atoms with Gasteiger partial charge in [0.15, 0.2) is 0 Å². The number of hydrogen-bond acceptors (Lipinski definition) is 1. The van der Waals surface area contributed by atoms with Gasteiger partial charge in [0.1, 0.15) is 0 Å². The Bertz CT molecular complexity index is 1120. The maximum atomic E-state index is 4.58. The fourth-order valence-electron chi connectivity index (χ4n) is 7.15. The summed E-state index contributed by atoms with van der Waals surface area (Å²) >= 11 is 0. The summed E-state index contributed by atoms with van der Waals surface area (Å²) in [6.07, 6.45) is 16.8. The molecule has 1 aromatic heterocycles. The standard InChI is InChI=1S/C30H40N2.C2H6/c1-4-9-24(16-21-31-5-2)32-22(3)25-10-8-11-27-26(12-13-28(32)29(25)27)23-14-19-30(20-15-23)17-6-7-18-30;1-2/h5,8,10-13,23-24,31H,2-4,6-7,9,14-21H2,1H3;1-2H3. The van der Waals surface area contributed by atoms with E-state index >= 15 is 0 Å². The molecule has 184 valence electrons. The Morgan fingerprint density at radius 3 is 2.41 bits per heavy atom. The van der Waals surface area contributed by atoms with Crippen molar-refractivity contribution < 1.29 is 0 Å². The lowest BCUT2D eigenvalue weighted by Gasteiger charge is -2.37. The minimum atomic E-state index is 0.471. The van der Waals surface area contributed by atoms with Gasteiger partial charge in [-0.25, -0.2) is 0 Å². The van der Waals surface area contributed by atoms with Crippen LogP contribution in [0.15, 0.2) is 43.1 Å². The van der Waals surface area contributed by atoms with Gasteiger partial charge in [0.2, 0.25) is 0 Å². The Morgan fingerprint density at radius 1 is 1.03 bits per heavy atom. The van der Waals surface area contributed by atoms with E-state index in [1.165, 1.54) is 91.2 Å². The van der Waals surface area contributed by atoms with Crippen molar-refractivity contribution in [3.05, 3.63) is 54.0 Å². The van der Waals surface area contributed by atoms with E-state index in [4.69, 9.17) is 0 Å². The maximum Gasteiger partial charge on any atom is 0.0500 e. The van der Waals surface area contributed by atoms with Crippen LogP contribution in [0, 0.1) is 5.41 Å². The fourth-order valence-corrected chi connectivity index (χ4v) is 7.15. The van der Waals surface area contributed by atoms with E-state index in [-0.39, 0.29) is 0 Å². The number of nitrogens with zero attached hydrogens (tertiary/aromatic N) is 1. The van der Waals surface area contributed by atoms with Crippen LogP contribution in [0.3, 0.4) is 0 Å². The molecule has 0 aliphatic heterocycles. The lowest BCUT2D eigenvalue weighted by Crippen LogP contribution is -2.24. The fraction of sp³-hybridized carbons (Fsp3) is 0.562. The zero-order chi connectivity index (χ0) is 24.1. The molecule has 0 bridgehead atoms. The van der Waals surface area contributed by atoms with Crippen molar-refractivity contribution in [2.45, 2.75) is 103 Å². The molecule has 2 heteroatoms. The van der Waals surface area contributed by atoms with Gasteiger partial charge in [0.05, 0.1) is 0 Å². The van der Waals surface area contributed by atoms with Crippen molar-refractivity contribution in [2.24, 2.45) is 5.41 Å². The van der Waals surface area contributed by atoms with Crippen molar-refractivity contribution in [3.63, 3.8) is 0 Å². The molecule has 0 saturated heterocycles. The van der Waals surface area contributed by atoms with Crippen LogP contribution in [0.2, 0.25) is 0 Å². The third-order valence-corrected chi connectivity index (χ3v) is 8.82. The van der Waals surface area contributed by atoms with E-state index < -0.39 is 0 Å². The summed E-state index contributed by atoms with van der Waals surface area (Å²) in [5, 5.41) is 8.77. The molecule has 1 spiro atoms. The molecule has 1 unspecified atom stereocenters. The van der Waals surface area contributed by atoms with Gasteiger partial charge in [-0.3, -0.25) is 0 Å². The van der Waals surface area contributed by atoms with Crippen LogP contribution >= 0.6 is 0 Å². The molecule has 1 heterocycles. The van der Waals surface area contributed by atoms with Crippen molar-refractivity contribution in [2.75, 3.05) is 6.54 Å². The second-order valence-corrected chi connectivity index (χ2v) is 10.6.